The van der Waals surface area contributed by atoms with Crippen LogP contribution < -0.4 is 4.74 Å². The zero-order valence-corrected chi connectivity index (χ0v) is 12.4. The zero-order valence-electron chi connectivity index (χ0n) is 11.6. The molecule has 0 saturated heterocycles. The summed E-state index contributed by atoms with van der Waals surface area (Å²) in [6.07, 6.45) is 0. The van der Waals surface area contributed by atoms with Crippen molar-refractivity contribution in [2.24, 2.45) is 0 Å². The van der Waals surface area contributed by atoms with E-state index in [0.717, 1.165) is 0 Å². The Bertz CT molecular complexity index is 862. The highest BCUT2D eigenvalue weighted by Gasteiger charge is 2.13. The van der Waals surface area contributed by atoms with Crippen LogP contribution >= 0.6 is 11.6 Å². The minimum atomic E-state index is -0.534. The number of rotatable bonds is 2. The first-order valence-corrected chi connectivity index (χ1v) is 6.95. The van der Waals surface area contributed by atoms with Gasteiger partial charge in [0.15, 0.2) is 0 Å². The summed E-state index contributed by atoms with van der Waals surface area (Å²) in [4.78, 5) is 16.5. The van der Waals surface area contributed by atoms with Crippen LogP contribution in [-0.2, 0) is 0 Å². The molecule has 3 rings (SSSR count). The number of aromatic nitrogens is 1. The predicted molar refractivity (Wildman–Crippen MR) is 82.8 cm³/mol. The molecule has 0 aliphatic rings. The Labute approximate surface area is 131 Å². The van der Waals surface area contributed by atoms with E-state index in [4.69, 9.17) is 16.3 Å². The van der Waals surface area contributed by atoms with Gasteiger partial charge in [-0.2, -0.15) is 0 Å². The maximum Gasteiger partial charge on any atom is 0.343 e. The van der Waals surface area contributed by atoms with Gasteiger partial charge in [-0.05, 0) is 49.4 Å². The molecule has 0 unspecified atom stereocenters. The molecule has 0 bridgehead atoms. The van der Waals surface area contributed by atoms with Crippen LogP contribution in [0.15, 0.2) is 48.5 Å². The van der Waals surface area contributed by atoms with Gasteiger partial charge in [0.2, 0.25) is 0 Å². The highest BCUT2D eigenvalue weighted by Crippen LogP contribution is 2.27. The molecule has 0 spiro atoms. The lowest BCUT2D eigenvalue weighted by Crippen LogP contribution is -2.09. The maximum absolute atomic E-state index is 13.4. The second-order valence-corrected chi connectivity index (χ2v) is 5.26. The first-order chi connectivity index (χ1) is 10.5. The summed E-state index contributed by atoms with van der Waals surface area (Å²) in [5, 5.41) is 0.983. The van der Waals surface area contributed by atoms with Crippen molar-refractivity contribution in [2.75, 3.05) is 0 Å². The number of hydrogen-bond donors (Lipinski definition) is 0. The van der Waals surface area contributed by atoms with Crippen molar-refractivity contribution in [3.05, 3.63) is 70.6 Å². The molecular formula is C17H11ClFNO2. The average molecular weight is 316 g/mol. The largest absolute Gasteiger partial charge is 0.422 e. The molecule has 0 saturated carbocycles. The van der Waals surface area contributed by atoms with E-state index in [2.05, 4.69) is 4.98 Å². The van der Waals surface area contributed by atoms with Gasteiger partial charge in [0, 0.05) is 22.2 Å². The summed E-state index contributed by atoms with van der Waals surface area (Å²) in [5.74, 6) is -0.670. The fraction of sp³-hybridized carbons (Fsp3) is 0.0588. The fourth-order valence-corrected chi connectivity index (χ4v) is 2.25. The Balaban J connectivity index is 2.01. The third kappa shape index (κ3) is 2.92. The molecule has 0 aliphatic carbocycles. The number of esters is 1. The van der Waals surface area contributed by atoms with Crippen molar-refractivity contribution in [2.45, 2.75) is 6.92 Å². The fourth-order valence-electron chi connectivity index (χ4n) is 2.12. The lowest BCUT2D eigenvalue weighted by atomic mass is 10.1. The Morgan fingerprint density at radius 3 is 2.59 bits per heavy atom. The van der Waals surface area contributed by atoms with Crippen LogP contribution in [0.4, 0.5) is 4.39 Å². The number of benzene rings is 2. The van der Waals surface area contributed by atoms with Crippen LogP contribution in [0.2, 0.25) is 5.02 Å². The molecule has 110 valence electrons. The molecule has 0 radical (unpaired) electrons. The molecule has 5 heteroatoms. The second-order valence-electron chi connectivity index (χ2n) is 4.82. The van der Waals surface area contributed by atoms with Gasteiger partial charge >= 0.3 is 5.97 Å². The van der Waals surface area contributed by atoms with E-state index in [1.807, 2.05) is 0 Å². The van der Waals surface area contributed by atoms with E-state index in [1.165, 1.54) is 12.1 Å². The molecule has 0 aliphatic heterocycles. The molecule has 0 N–H and O–H groups in total. The molecule has 0 atom stereocenters. The highest BCUT2D eigenvalue weighted by molar-refractivity contribution is 6.30. The summed E-state index contributed by atoms with van der Waals surface area (Å²) in [6, 6.07) is 12.1. The summed E-state index contributed by atoms with van der Waals surface area (Å²) in [7, 11) is 0. The van der Waals surface area contributed by atoms with Gasteiger partial charge in [-0.15, -0.1) is 0 Å². The Kier molecular flexibility index (Phi) is 3.77. The minimum absolute atomic E-state index is 0.280. The molecule has 22 heavy (non-hydrogen) atoms. The standard InChI is InChI=1S/C17H11ClFNO2/c1-10-8-16(14-9-13(19)6-7-15(14)20-10)22-17(21)11-2-4-12(18)5-3-11/h2-9H,1H3. The molecule has 0 fully saturated rings. The van der Waals surface area contributed by atoms with Gasteiger partial charge in [0.05, 0.1) is 11.1 Å². The monoisotopic (exact) mass is 315 g/mol. The molecule has 1 aromatic heterocycles. The Hall–Kier alpha value is -2.46. The van der Waals surface area contributed by atoms with Crippen molar-refractivity contribution < 1.29 is 13.9 Å². The molecule has 2 aromatic carbocycles. The number of hydrogen-bond acceptors (Lipinski definition) is 3. The van der Waals surface area contributed by atoms with E-state index in [1.54, 1.807) is 43.3 Å². The van der Waals surface area contributed by atoms with Crippen molar-refractivity contribution in [3.8, 4) is 5.75 Å². The molecule has 3 aromatic rings. The highest BCUT2D eigenvalue weighted by atomic mass is 35.5. The smallest absolute Gasteiger partial charge is 0.343 e. The van der Waals surface area contributed by atoms with Gasteiger partial charge < -0.3 is 4.74 Å². The second kappa shape index (κ2) is 5.73. The van der Waals surface area contributed by atoms with Gasteiger partial charge in [-0.25, -0.2) is 9.18 Å². The number of aryl methyl sites for hydroxylation is 1. The summed E-state index contributed by atoms with van der Waals surface area (Å²) >= 11 is 5.79. The van der Waals surface area contributed by atoms with E-state index >= 15 is 0 Å². The minimum Gasteiger partial charge on any atom is -0.422 e. The van der Waals surface area contributed by atoms with Crippen molar-refractivity contribution >= 4 is 28.5 Å². The van der Waals surface area contributed by atoms with Gasteiger partial charge in [0.1, 0.15) is 11.6 Å². The van der Waals surface area contributed by atoms with Crippen LogP contribution in [0.25, 0.3) is 10.9 Å². The maximum atomic E-state index is 13.4. The Morgan fingerprint density at radius 1 is 1.14 bits per heavy atom. The van der Waals surface area contributed by atoms with Crippen molar-refractivity contribution in [1.82, 2.24) is 4.98 Å². The van der Waals surface area contributed by atoms with Crippen molar-refractivity contribution in [3.63, 3.8) is 0 Å². The van der Waals surface area contributed by atoms with Gasteiger partial charge in [-0.1, -0.05) is 11.6 Å². The lowest BCUT2D eigenvalue weighted by molar-refractivity contribution is 0.0737. The van der Waals surface area contributed by atoms with Crippen LogP contribution in [-0.4, -0.2) is 11.0 Å². The quantitative estimate of drug-likeness (QED) is 0.651. The first-order valence-electron chi connectivity index (χ1n) is 6.57. The number of carbonyl (C=O) groups is 1. The summed E-state index contributed by atoms with van der Waals surface area (Å²) < 4.78 is 18.8. The number of fused-ring (bicyclic) bond motifs is 1. The predicted octanol–water partition coefficient (Wildman–Crippen LogP) is 4.55. The van der Waals surface area contributed by atoms with E-state index < -0.39 is 11.8 Å². The first kappa shape index (κ1) is 14.5. The van der Waals surface area contributed by atoms with Crippen LogP contribution in [0.5, 0.6) is 5.75 Å². The van der Waals surface area contributed by atoms with Crippen LogP contribution in [0.1, 0.15) is 16.1 Å². The molecule has 3 nitrogen and oxygen atoms in total. The topological polar surface area (TPSA) is 39.2 Å². The number of ether oxygens (including phenoxy) is 1. The van der Waals surface area contributed by atoms with Gasteiger partial charge in [-0.3, -0.25) is 4.98 Å². The molecule has 1 heterocycles. The molecule has 0 amide bonds. The number of carbonyl (C=O) groups excluding carboxylic acids is 1. The summed E-state index contributed by atoms with van der Waals surface area (Å²) in [6.45, 7) is 1.78. The average Bonchev–Trinajstić information content (AvgIpc) is 2.48. The van der Waals surface area contributed by atoms with E-state index in [0.29, 0.717) is 27.2 Å². The summed E-state index contributed by atoms with van der Waals surface area (Å²) in [5.41, 5.74) is 1.61. The zero-order chi connectivity index (χ0) is 15.7. The van der Waals surface area contributed by atoms with E-state index in [-0.39, 0.29) is 5.75 Å². The SMILES string of the molecule is Cc1cc(OC(=O)c2ccc(Cl)cc2)c2cc(F)ccc2n1. The van der Waals surface area contributed by atoms with Gasteiger partial charge in [0.25, 0.3) is 0 Å². The third-order valence-corrected chi connectivity index (χ3v) is 3.40. The van der Waals surface area contributed by atoms with Crippen LogP contribution in [0, 0.1) is 12.7 Å². The van der Waals surface area contributed by atoms with Crippen molar-refractivity contribution in [1.29, 1.82) is 0 Å². The number of halogens is 2. The normalized spacial score (nSPS) is 10.7. The lowest BCUT2D eigenvalue weighted by Gasteiger charge is -2.09. The van der Waals surface area contributed by atoms with E-state index in [9.17, 15) is 9.18 Å². The number of pyridine rings is 1. The Morgan fingerprint density at radius 2 is 1.86 bits per heavy atom. The third-order valence-electron chi connectivity index (χ3n) is 3.14. The number of nitrogens with zero attached hydrogens (tertiary/aromatic N) is 1. The molecular weight excluding hydrogens is 305 g/mol. The van der Waals surface area contributed by atoms with Crippen LogP contribution in [0.3, 0.4) is 0 Å².